The Hall–Kier alpha value is -1.55. The van der Waals surface area contributed by atoms with Crippen LogP contribution in [0.4, 0.5) is 5.69 Å². The fourth-order valence-electron chi connectivity index (χ4n) is 2.03. The third-order valence-electron chi connectivity index (χ3n) is 3.27. The van der Waals surface area contributed by atoms with Crippen molar-refractivity contribution in [2.24, 2.45) is 0 Å². The number of para-hydroxylation sites is 1. The Morgan fingerprint density at radius 3 is 2.55 bits per heavy atom. The predicted octanol–water partition coefficient (Wildman–Crippen LogP) is 2.02. The highest BCUT2D eigenvalue weighted by Gasteiger charge is 2.01. The van der Waals surface area contributed by atoms with Gasteiger partial charge in [0.05, 0.1) is 0 Å². The normalized spacial score (nSPS) is 10.3. The molecule has 0 heterocycles. The van der Waals surface area contributed by atoms with Crippen molar-refractivity contribution in [3.8, 4) is 0 Å². The second-order valence-electron chi connectivity index (χ2n) is 5.02. The number of nitrogens with zero attached hydrogens (tertiary/aromatic N) is 1. The third kappa shape index (κ3) is 7.14. The summed E-state index contributed by atoms with van der Waals surface area (Å²) >= 11 is 0. The largest absolute Gasteiger partial charge is 0.375 e. The standard InChI is InChI=1S/C16H27N3O/c1-17-12-8-11-16(20)18-13-6-7-14-19(2)15-9-4-3-5-10-15/h3-5,9-10,17H,6-8,11-14H2,1-2H3,(H,18,20). The van der Waals surface area contributed by atoms with E-state index in [0.717, 1.165) is 38.9 Å². The second-order valence-corrected chi connectivity index (χ2v) is 5.02. The minimum atomic E-state index is 0.164. The van der Waals surface area contributed by atoms with Gasteiger partial charge in [0.1, 0.15) is 0 Å². The number of anilines is 1. The summed E-state index contributed by atoms with van der Waals surface area (Å²) in [5.41, 5.74) is 1.24. The monoisotopic (exact) mass is 277 g/mol. The molecule has 0 aliphatic heterocycles. The van der Waals surface area contributed by atoms with E-state index >= 15 is 0 Å². The molecular weight excluding hydrogens is 250 g/mol. The van der Waals surface area contributed by atoms with Gasteiger partial charge in [-0.15, -0.1) is 0 Å². The van der Waals surface area contributed by atoms with Gasteiger partial charge in [0.2, 0.25) is 5.91 Å². The Morgan fingerprint density at radius 2 is 1.85 bits per heavy atom. The minimum Gasteiger partial charge on any atom is -0.375 e. The lowest BCUT2D eigenvalue weighted by atomic mass is 10.2. The van der Waals surface area contributed by atoms with Crippen LogP contribution in [0.5, 0.6) is 0 Å². The van der Waals surface area contributed by atoms with E-state index in [0.29, 0.717) is 6.42 Å². The molecule has 0 aliphatic carbocycles. The van der Waals surface area contributed by atoms with Crippen molar-refractivity contribution in [1.29, 1.82) is 0 Å². The maximum Gasteiger partial charge on any atom is 0.220 e. The molecule has 112 valence electrons. The van der Waals surface area contributed by atoms with Crippen molar-refractivity contribution >= 4 is 11.6 Å². The van der Waals surface area contributed by atoms with Gasteiger partial charge in [-0.3, -0.25) is 4.79 Å². The number of amides is 1. The van der Waals surface area contributed by atoms with Gasteiger partial charge < -0.3 is 15.5 Å². The van der Waals surface area contributed by atoms with E-state index in [1.54, 1.807) is 0 Å². The Bertz CT molecular complexity index is 367. The molecule has 1 rings (SSSR count). The maximum absolute atomic E-state index is 11.5. The van der Waals surface area contributed by atoms with Crippen molar-refractivity contribution in [1.82, 2.24) is 10.6 Å². The van der Waals surface area contributed by atoms with Crippen LogP contribution in [0.15, 0.2) is 30.3 Å². The third-order valence-corrected chi connectivity index (χ3v) is 3.27. The van der Waals surface area contributed by atoms with Crippen molar-refractivity contribution < 1.29 is 4.79 Å². The molecule has 4 heteroatoms. The molecule has 0 fully saturated rings. The topological polar surface area (TPSA) is 44.4 Å². The van der Waals surface area contributed by atoms with Gasteiger partial charge in [0.25, 0.3) is 0 Å². The molecule has 0 atom stereocenters. The molecule has 0 bridgehead atoms. The van der Waals surface area contributed by atoms with Crippen LogP contribution in [0.3, 0.4) is 0 Å². The molecule has 0 aliphatic rings. The van der Waals surface area contributed by atoms with Crippen LogP contribution in [0.25, 0.3) is 0 Å². The van der Waals surface area contributed by atoms with Crippen molar-refractivity contribution in [2.45, 2.75) is 25.7 Å². The van der Waals surface area contributed by atoms with Gasteiger partial charge in [-0.25, -0.2) is 0 Å². The first-order valence-corrected chi connectivity index (χ1v) is 7.41. The molecule has 0 saturated carbocycles. The zero-order valence-corrected chi connectivity index (χ0v) is 12.7. The second kappa shape index (κ2) is 10.3. The summed E-state index contributed by atoms with van der Waals surface area (Å²) in [5.74, 6) is 0.164. The Morgan fingerprint density at radius 1 is 1.10 bits per heavy atom. The quantitative estimate of drug-likeness (QED) is 0.643. The number of benzene rings is 1. The van der Waals surface area contributed by atoms with Gasteiger partial charge in [-0.05, 0) is 45.0 Å². The van der Waals surface area contributed by atoms with E-state index in [1.807, 2.05) is 13.1 Å². The number of hydrogen-bond acceptors (Lipinski definition) is 3. The molecule has 0 saturated heterocycles. The van der Waals surface area contributed by atoms with Gasteiger partial charge >= 0.3 is 0 Å². The van der Waals surface area contributed by atoms with E-state index in [4.69, 9.17) is 0 Å². The number of carbonyl (C=O) groups excluding carboxylic acids is 1. The summed E-state index contributed by atoms with van der Waals surface area (Å²) < 4.78 is 0. The van der Waals surface area contributed by atoms with E-state index in [9.17, 15) is 4.79 Å². The molecule has 0 unspecified atom stereocenters. The molecule has 20 heavy (non-hydrogen) atoms. The molecule has 4 nitrogen and oxygen atoms in total. The molecule has 0 radical (unpaired) electrons. The molecule has 1 aromatic carbocycles. The first kappa shape index (κ1) is 16.5. The predicted molar refractivity (Wildman–Crippen MR) is 85.1 cm³/mol. The first-order valence-electron chi connectivity index (χ1n) is 7.41. The first-order chi connectivity index (χ1) is 9.74. The lowest BCUT2D eigenvalue weighted by Gasteiger charge is -2.19. The smallest absolute Gasteiger partial charge is 0.220 e. The van der Waals surface area contributed by atoms with Crippen LogP contribution in [0.1, 0.15) is 25.7 Å². The molecule has 0 spiro atoms. The van der Waals surface area contributed by atoms with E-state index in [1.165, 1.54) is 5.69 Å². The van der Waals surface area contributed by atoms with Crippen LogP contribution >= 0.6 is 0 Å². The van der Waals surface area contributed by atoms with Gasteiger partial charge in [-0.2, -0.15) is 0 Å². The number of hydrogen-bond donors (Lipinski definition) is 2. The molecule has 0 aromatic heterocycles. The number of rotatable bonds is 10. The van der Waals surface area contributed by atoms with E-state index in [2.05, 4.69) is 46.8 Å². The van der Waals surface area contributed by atoms with Crippen molar-refractivity contribution in [3.63, 3.8) is 0 Å². The fraction of sp³-hybridized carbons (Fsp3) is 0.562. The minimum absolute atomic E-state index is 0.164. The molecule has 1 amide bonds. The average molecular weight is 277 g/mol. The Balaban J connectivity index is 2.03. The highest BCUT2D eigenvalue weighted by atomic mass is 16.1. The number of unbranched alkanes of at least 4 members (excludes halogenated alkanes) is 1. The highest BCUT2D eigenvalue weighted by Crippen LogP contribution is 2.11. The van der Waals surface area contributed by atoms with Gasteiger partial charge in [-0.1, -0.05) is 18.2 Å². The highest BCUT2D eigenvalue weighted by molar-refractivity contribution is 5.75. The molecular formula is C16H27N3O. The van der Waals surface area contributed by atoms with E-state index in [-0.39, 0.29) is 5.91 Å². The molecule has 2 N–H and O–H groups in total. The number of carbonyl (C=O) groups is 1. The van der Waals surface area contributed by atoms with E-state index < -0.39 is 0 Å². The van der Waals surface area contributed by atoms with Gasteiger partial charge in [0.15, 0.2) is 0 Å². The fourth-order valence-corrected chi connectivity index (χ4v) is 2.03. The SMILES string of the molecule is CNCCCC(=O)NCCCCN(C)c1ccccc1. The van der Waals surface area contributed by atoms with Gasteiger partial charge in [0, 0.05) is 32.2 Å². The lowest BCUT2D eigenvalue weighted by molar-refractivity contribution is -0.121. The van der Waals surface area contributed by atoms with Crippen LogP contribution in [0.2, 0.25) is 0 Å². The van der Waals surface area contributed by atoms with Crippen LogP contribution in [0, 0.1) is 0 Å². The summed E-state index contributed by atoms with van der Waals surface area (Å²) in [5, 5.41) is 6.01. The zero-order valence-electron chi connectivity index (χ0n) is 12.7. The average Bonchev–Trinajstić information content (AvgIpc) is 2.48. The maximum atomic E-state index is 11.5. The summed E-state index contributed by atoms with van der Waals surface area (Å²) in [7, 11) is 4.01. The lowest BCUT2D eigenvalue weighted by Crippen LogP contribution is -2.26. The Kier molecular flexibility index (Phi) is 8.47. The number of nitrogens with one attached hydrogen (secondary N) is 2. The van der Waals surface area contributed by atoms with Crippen LogP contribution < -0.4 is 15.5 Å². The Labute approximate surface area is 122 Å². The van der Waals surface area contributed by atoms with Crippen LogP contribution in [-0.4, -0.2) is 39.6 Å². The van der Waals surface area contributed by atoms with Crippen molar-refractivity contribution in [2.75, 3.05) is 38.6 Å². The van der Waals surface area contributed by atoms with Crippen molar-refractivity contribution in [3.05, 3.63) is 30.3 Å². The summed E-state index contributed by atoms with van der Waals surface area (Å²) in [4.78, 5) is 13.7. The summed E-state index contributed by atoms with van der Waals surface area (Å²) in [6, 6.07) is 10.4. The zero-order chi connectivity index (χ0) is 14.6. The molecule has 1 aromatic rings. The summed E-state index contributed by atoms with van der Waals surface area (Å²) in [6.07, 6.45) is 3.63. The van der Waals surface area contributed by atoms with Crippen LogP contribution in [-0.2, 0) is 4.79 Å². The summed E-state index contributed by atoms with van der Waals surface area (Å²) in [6.45, 7) is 2.69.